The van der Waals surface area contributed by atoms with Crippen LogP contribution in [0, 0.1) is 10.1 Å². The number of cyclic esters (lactones) is 2. The van der Waals surface area contributed by atoms with Crippen molar-refractivity contribution in [2.45, 2.75) is 0 Å². The molecule has 8 heteroatoms. The van der Waals surface area contributed by atoms with Gasteiger partial charge in [-0.25, -0.2) is 14.4 Å². The van der Waals surface area contributed by atoms with E-state index < -0.39 is 45.2 Å². The Morgan fingerprint density at radius 2 is 1.94 bits per heavy atom. The molecular weight excluding hydrogens is 234 g/mol. The molecule has 0 unspecified atom stereocenters. The predicted molar refractivity (Wildman–Crippen MR) is 49.8 cm³/mol. The van der Waals surface area contributed by atoms with Crippen molar-refractivity contribution in [2.24, 2.45) is 0 Å². The molecule has 1 aromatic rings. The van der Waals surface area contributed by atoms with Gasteiger partial charge in [0.2, 0.25) is 0 Å². The summed E-state index contributed by atoms with van der Waals surface area (Å²) in [4.78, 5) is 42.8. The Bertz CT molecular complexity index is 589. The number of benzene rings is 1. The summed E-state index contributed by atoms with van der Waals surface area (Å²) >= 11 is 0. The molecule has 1 aromatic carbocycles. The molecule has 2 rings (SSSR count). The molecule has 0 saturated carbocycles. The summed E-state index contributed by atoms with van der Waals surface area (Å²) < 4.78 is 4.18. The average Bonchev–Trinajstić information content (AvgIpc) is 2.53. The van der Waals surface area contributed by atoms with Crippen LogP contribution in [0.1, 0.15) is 31.1 Å². The number of carbonyl (C=O) groups excluding carboxylic acids is 2. The smallest absolute Gasteiger partial charge is 0.353 e. The van der Waals surface area contributed by atoms with E-state index in [1.807, 2.05) is 0 Å². The lowest BCUT2D eigenvalue weighted by Gasteiger charge is -1.98. The van der Waals surface area contributed by atoms with E-state index >= 15 is 0 Å². The molecule has 0 saturated heterocycles. The second-order valence-corrected chi connectivity index (χ2v) is 3.16. The Hall–Kier alpha value is -2.77. The fraction of sp³-hybridized carbons (Fsp3) is 0. The number of nitrogens with zero attached hydrogens (tertiary/aromatic N) is 1. The fourth-order valence-corrected chi connectivity index (χ4v) is 1.46. The van der Waals surface area contributed by atoms with Crippen LogP contribution in [0.2, 0.25) is 0 Å². The van der Waals surface area contributed by atoms with E-state index in [-0.39, 0.29) is 0 Å². The number of carboxylic acid groups (broad SMARTS) is 1. The van der Waals surface area contributed by atoms with Gasteiger partial charge >= 0.3 is 17.9 Å². The number of nitro benzene ring substituents is 1. The zero-order valence-corrected chi connectivity index (χ0v) is 8.00. The van der Waals surface area contributed by atoms with E-state index in [4.69, 9.17) is 5.11 Å². The summed E-state index contributed by atoms with van der Waals surface area (Å²) in [6, 6.07) is 1.58. The molecule has 8 nitrogen and oxygen atoms in total. The molecule has 86 valence electrons. The summed E-state index contributed by atoms with van der Waals surface area (Å²) in [5.41, 5.74) is -2.12. The van der Waals surface area contributed by atoms with Crippen molar-refractivity contribution in [3.05, 3.63) is 38.9 Å². The first-order valence-electron chi connectivity index (χ1n) is 4.24. The van der Waals surface area contributed by atoms with Crippen LogP contribution in [-0.2, 0) is 4.74 Å². The van der Waals surface area contributed by atoms with Crippen molar-refractivity contribution in [1.29, 1.82) is 0 Å². The molecule has 0 amide bonds. The normalized spacial score (nSPS) is 13.2. The van der Waals surface area contributed by atoms with E-state index in [0.29, 0.717) is 6.07 Å². The van der Waals surface area contributed by atoms with Crippen molar-refractivity contribution in [3.8, 4) is 0 Å². The van der Waals surface area contributed by atoms with Crippen molar-refractivity contribution >= 4 is 23.6 Å². The fourth-order valence-electron chi connectivity index (χ4n) is 1.46. The third-order valence-electron chi connectivity index (χ3n) is 2.17. The maximum Gasteiger partial charge on any atom is 0.353 e. The number of esters is 2. The van der Waals surface area contributed by atoms with Crippen LogP contribution in [0.5, 0.6) is 0 Å². The molecule has 17 heavy (non-hydrogen) atoms. The number of fused-ring (bicyclic) bond motifs is 1. The molecular formula is C9H3NO7. The van der Waals surface area contributed by atoms with Gasteiger partial charge in [-0.05, 0) is 6.07 Å². The number of aromatic carboxylic acids is 1. The molecule has 0 aromatic heterocycles. The van der Waals surface area contributed by atoms with Crippen molar-refractivity contribution in [2.75, 3.05) is 0 Å². The lowest BCUT2D eigenvalue weighted by atomic mass is 10.0. The second-order valence-electron chi connectivity index (χ2n) is 3.16. The average molecular weight is 237 g/mol. The summed E-state index contributed by atoms with van der Waals surface area (Å²) in [5, 5.41) is 19.4. The van der Waals surface area contributed by atoms with Crippen molar-refractivity contribution in [1.82, 2.24) is 0 Å². The number of ether oxygens (including phenoxy) is 1. The van der Waals surface area contributed by atoms with Crippen LogP contribution in [0.3, 0.4) is 0 Å². The first kappa shape index (κ1) is 10.7. The summed E-state index contributed by atoms with van der Waals surface area (Å²) in [6.07, 6.45) is 0. The molecule has 0 fully saturated rings. The van der Waals surface area contributed by atoms with E-state index in [1.54, 1.807) is 0 Å². The van der Waals surface area contributed by atoms with Crippen LogP contribution in [0.15, 0.2) is 12.1 Å². The first-order chi connectivity index (χ1) is 7.91. The van der Waals surface area contributed by atoms with Crippen LogP contribution in [-0.4, -0.2) is 27.9 Å². The maximum atomic E-state index is 11.2. The third kappa shape index (κ3) is 1.51. The predicted octanol–water partition coefficient (Wildman–Crippen LogP) is 0.604. The van der Waals surface area contributed by atoms with Gasteiger partial charge in [-0.15, -0.1) is 0 Å². The molecule has 0 bridgehead atoms. The molecule has 0 radical (unpaired) electrons. The standard InChI is InChI=1S/C9H3NO7/c11-7(12)3-1-4-6(5(2-3)10(15)16)9(14)17-8(4)13/h1-2H,(H,11,12). The topological polar surface area (TPSA) is 124 Å². The highest BCUT2D eigenvalue weighted by atomic mass is 16.6. The minimum Gasteiger partial charge on any atom is -0.478 e. The zero-order chi connectivity index (χ0) is 12.7. The SMILES string of the molecule is O=C(O)c1cc2c(c([N+](=O)[O-])c1)C(=O)OC2=O. The van der Waals surface area contributed by atoms with E-state index in [9.17, 15) is 24.5 Å². The minimum atomic E-state index is -1.44. The lowest BCUT2D eigenvalue weighted by Crippen LogP contribution is -2.05. The number of nitro groups is 1. The lowest BCUT2D eigenvalue weighted by molar-refractivity contribution is -0.385. The van der Waals surface area contributed by atoms with Gasteiger partial charge < -0.3 is 9.84 Å². The van der Waals surface area contributed by atoms with Gasteiger partial charge in [0.05, 0.1) is 16.1 Å². The minimum absolute atomic E-state index is 0.401. The van der Waals surface area contributed by atoms with Gasteiger partial charge in [-0.3, -0.25) is 10.1 Å². The molecule has 0 aliphatic carbocycles. The first-order valence-corrected chi connectivity index (χ1v) is 4.24. The molecule has 0 atom stereocenters. The highest BCUT2D eigenvalue weighted by Crippen LogP contribution is 2.30. The Balaban J connectivity index is 2.79. The van der Waals surface area contributed by atoms with Crippen molar-refractivity contribution < 1.29 is 29.2 Å². The largest absolute Gasteiger partial charge is 0.478 e. The third-order valence-corrected chi connectivity index (χ3v) is 2.17. The number of carboxylic acids is 1. The highest BCUT2D eigenvalue weighted by Gasteiger charge is 2.38. The van der Waals surface area contributed by atoms with Crippen LogP contribution < -0.4 is 0 Å². The molecule has 1 aliphatic heterocycles. The van der Waals surface area contributed by atoms with Gasteiger partial charge in [0.15, 0.2) is 5.56 Å². The summed E-state index contributed by atoms with van der Waals surface area (Å²) in [6.45, 7) is 0. The van der Waals surface area contributed by atoms with Crippen LogP contribution >= 0.6 is 0 Å². The van der Waals surface area contributed by atoms with Gasteiger partial charge in [0.25, 0.3) is 5.69 Å². The monoisotopic (exact) mass is 237 g/mol. The molecule has 1 N–H and O–H groups in total. The highest BCUT2D eigenvalue weighted by molar-refractivity contribution is 6.17. The molecule has 1 aliphatic rings. The van der Waals surface area contributed by atoms with Crippen LogP contribution in [0.25, 0.3) is 0 Å². The van der Waals surface area contributed by atoms with E-state index in [0.717, 1.165) is 6.07 Å². The van der Waals surface area contributed by atoms with Crippen molar-refractivity contribution in [3.63, 3.8) is 0 Å². The molecule has 0 spiro atoms. The molecule has 1 heterocycles. The van der Waals surface area contributed by atoms with Gasteiger partial charge in [0, 0.05) is 6.07 Å². The Morgan fingerprint density at radius 1 is 1.29 bits per heavy atom. The number of hydrogen-bond donors (Lipinski definition) is 1. The Labute approximate surface area is 92.6 Å². The van der Waals surface area contributed by atoms with E-state index in [1.165, 1.54) is 0 Å². The zero-order valence-electron chi connectivity index (χ0n) is 8.00. The quantitative estimate of drug-likeness (QED) is 0.345. The van der Waals surface area contributed by atoms with E-state index in [2.05, 4.69) is 4.74 Å². The number of hydrogen-bond acceptors (Lipinski definition) is 6. The maximum absolute atomic E-state index is 11.2. The number of rotatable bonds is 2. The summed E-state index contributed by atoms with van der Waals surface area (Å²) in [5.74, 6) is -3.67. The van der Waals surface area contributed by atoms with Gasteiger partial charge in [-0.1, -0.05) is 0 Å². The summed E-state index contributed by atoms with van der Waals surface area (Å²) in [7, 11) is 0. The Kier molecular flexibility index (Phi) is 2.13. The van der Waals surface area contributed by atoms with Crippen LogP contribution in [0.4, 0.5) is 5.69 Å². The van der Waals surface area contributed by atoms with Gasteiger partial charge in [0.1, 0.15) is 0 Å². The van der Waals surface area contributed by atoms with Gasteiger partial charge in [-0.2, -0.15) is 0 Å². The second kappa shape index (κ2) is 3.37. The number of carbonyl (C=O) groups is 3. The Morgan fingerprint density at radius 3 is 2.47 bits per heavy atom.